The van der Waals surface area contributed by atoms with Crippen LogP contribution in [0, 0.1) is 0 Å². The summed E-state index contributed by atoms with van der Waals surface area (Å²) in [5.41, 5.74) is 1.78. The zero-order valence-corrected chi connectivity index (χ0v) is 14.1. The van der Waals surface area contributed by atoms with Crippen molar-refractivity contribution < 1.29 is 9.21 Å². The first-order valence-corrected chi connectivity index (χ1v) is 8.46. The summed E-state index contributed by atoms with van der Waals surface area (Å²) in [5, 5.41) is 10.7. The molecule has 6 nitrogen and oxygen atoms in total. The van der Waals surface area contributed by atoms with Crippen molar-refractivity contribution in [2.45, 2.75) is 18.9 Å². The Balaban J connectivity index is 1.57. The Morgan fingerprint density at radius 2 is 1.92 bits per heavy atom. The molecule has 130 valence electrons. The van der Waals surface area contributed by atoms with E-state index in [-0.39, 0.29) is 11.9 Å². The van der Waals surface area contributed by atoms with Gasteiger partial charge in [0.1, 0.15) is 29.5 Å². The standard InChI is InChI=1S/C20H18N4O2/c25-19(11-10-18-21-13-22-24-18)23-20(14-6-2-1-3-7-14)17-12-15-8-4-5-9-16(15)26-17/h1-9,12-13,20H,10-11H2,(H,23,25)(H,21,22,24)/t20-/m0/s1. The van der Waals surface area contributed by atoms with Crippen LogP contribution < -0.4 is 5.32 Å². The van der Waals surface area contributed by atoms with Gasteiger partial charge in [0.05, 0.1) is 0 Å². The fourth-order valence-electron chi connectivity index (χ4n) is 2.93. The van der Waals surface area contributed by atoms with E-state index >= 15 is 0 Å². The van der Waals surface area contributed by atoms with Crippen LogP contribution in [0.2, 0.25) is 0 Å². The molecular weight excluding hydrogens is 328 g/mol. The average molecular weight is 346 g/mol. The summed E-state index contributed by atoms with van der Waals surface area (Å²) in [6.45, 7) is 0. The number of benzene rings is 2. The van der Waals surface area contributed by atoms with Crippen molar-refractivity contribution in [3.63, 3.8) is 0 Å². The van der Waals surface area contributed by atoms with Crippen molar-refractivity contribution in [2.75, 3.05) is 0 Å². The van der Waals surface area contributed by atoms with Crippen LogP contribution in [-0.4, -0.2) is 21.1 Å². The highest BCUT2D eigenvalue weighted by Gasteiger charge is 2.20. The molecule has 2 aromatic carbocycles. The largest absolute Gasteiger partial charge is 0.459 e. The van der Waals surface area contributed by atoms with Crippen LogP contribution in [0.15, 0.2) is 71.4 Å². The van der Waals surface area contributed by atoms with Crippen LogP contribution in [0.1, 0.15) is 29.6 Å². The fraction of sp³-hybridized carbons (Fsp3) is 0.150. The molecule has 6 heteroatoms. The molecule has 26 heavy (non-hydrogen) atoms. The smallest absolute Gasteiger partial charge is 0.221 e. The van der Waals surface area contributed by atoms with E-state index in [0.717, 1.165) is 16.5 Å². The summed E-state index contributed by atoms with van der Waals surface area (Å²) in [6, 6.07) is 19.3. The molecule has 2 aromatic heterocycles. The van der Waals surface area contributed by atoms with E-state index < -0.39 is 0 Å². The Morgan fingerprint density at radius 3 is 2.69 bits per heavy atom. The molecule has 1 amide bonds. The third kappa shape index (κ3) is 3.49. The van der Waals surface area contributed by atoms with E-state index in [9.17, 15) is 4.79 Å². The maximum absolute atomic E-state index is 12.5. The molecule has 2 heterocycles. The molecule has 2 N–H and O–H groups in total. The van der Waals surface area contributed by atoms with Gasteiger partial charge in [-0.3, -0.25) is 9.89 Å². The highest BCUT2D eigenvalue weighted by atomic mass is 16.3. The van der Waals surface area contributed by atoms with Gasteiger partial charge in [0.15, 0.2) is 0 Å². The molecule has 0 unspecified atom stereocenters. The molecular formula is C20H18N4O2. The number of carbonyl (C=O) groups excluding carboxylic acids is 1. The van der Waals surface area contributed by atoms with Gasteiger partial charge in [-0.15, -0.1) is 0 Å². The van der Waals surface area contributed by atoms with E-state index in [1.807, 2.05) is 60.7 Å². The molecule has 0 bridgehead atoms. The van der Waals surface area contributed by atoms with Crippen LogP contribution in [-0.2, 0) is 11.2 Å². The minimum atomic E-state index is -0.342. The number of para-hydroxylation sites is 1. The molecule has 0 aliphatic heterocycles. The minimum Gasteiger partial charge on any atom is -0.459 e. The minimum absolute atomic E-state index is 0.0734. The van der Waals surface area contributed by atoms with E-state index in [4.69, 9.17) is 4.42 Å². The van der Waals surface area contributed by atoms with Crippen molar-refractivity contribution in [2.24, 2.45) is 0 Å². The van der Waals surface area contributed by atoms with E-state index in [1.165, 1.54) is 6.33 Å². The summed E-state index contributed by atoms with van der Waals surface area (Å²) in [4.78, 5) is 16.5. The molecule has 4 aromatic rings. The molecule has 0 fully saturated rings. The van der Waals surface area contributed by atoms with Crippen LogP contribution in [0.3, 0.4) is 0 Å². The summed E-state index contributed by atoms with van der Waals surface area (Å²) in [6.07, 6.45) is 2.26. The SMILES string of the molecule is O=C(CCc1ncn[nH]1)N[C@@H](c1ccccc1)c1cc2ccccc2o1. The maximum atomic E-state index is 12.5. The topological polar surface area (TPSA) is 83.8 Å². The second kappa shape index (κ2) is 7.23. The number of hydrogen-bond acceptors (Lipinski definition) is 4. The van der Waals surface area contributed by atoms with Crippen molar-refractivity contribution in [3.8, 4) is 0 Å². The van der Waals surface area contributed by atoms with Gasteiger partial charge >= 0.3 is 0 Å². The Hall–Kier alpha value is -3.41. The third-order valence-electron chi connectivity index (χ3n) is 4.22. The van der Waals surface area contributed by atoms with Gasteiger partial charge in [0.25, 0.3) is 0 Å². The monoisotopic (exact) mass is 346 g/mol. The second-order valence-electron chi connectivity index (χ2n) is 6.03. The quantitative estimate of drug-likeness (QED) is 0.560. The average Bonchev–Trinajstić information content (AvgIpc) is 3.34. The third-order valence-corrected chi connectivity index (χ3v) is 4.22. The van der Waals surface area contributed by atoms with Crippen LogP contribution in [0.25, 0.3) is 11.0 Å². The molecule has 0 saturated carbocycles. The molecule has 1 atom stereocenters. The number of aromatic amines is 1. The summed E-state index contributed by atoms with van der Waals surface area (Å²) < 4.78 is 5.99. The normalized spacial score (nSPS) is 12.2. The van der Waals surface area contributed by atoms with Crippen molar-refractivity contribution in [1.29, 1.82) is 0 Å². The van der Waals surface area contributed by atoms with Gasteiger partial charge in [-0.2, -0.15) is 5.10 Å². The Labute approximate surface area is 150 Å². The van der Waals surface area contributed by atoms with Crippen LogP contribution in [0.4, 0.5) is 0 Å². The van der Waals surface area contributed by atoms with Crippen LogP contribution in [0.5, 0.6) is 0 Å². The predicted molar refractivity (Wildman–Crippen MR) is 97.3 cm³/mol. The van der Waals surface area contributed by atoms with Crippen molar-refractivity contribution in [3.05, 3.63) is 84.1 Å². The first-order chi connectivity index (χ1) is 12.8. The van der Waals surface area contributed by atoms with Gasteiger partial charge in [-0.25, -0.2) is 4.98 Å². The van der Waals surface area contributed by atoms with Crippen molar-refractivity contribution >= 4 is 16.9 Å². The molecule has 0 spiro atoms. The van der Waals surface area contributed by atoms with Gasteiger partial charge in [-0.1, -0.05) is 48.5 Å². The molecule has 0 aliphatic rings. The predicted octanol–water partition coefficient (Wildman–Crippen LogP) is 3.39. The number of H-pyrrole nitrogens is 1. The number of furan rings is 1. The fourth-order valence-corrected chi connectivity index (χ4v) is 2.93. The molecule has 0 saturated heterocycles. The Morgan fingerprint density at radius 1 is 1.12 bits per heavy atom. The lowest BCUT2D eigenvalue weighted by atomic mass is 10.0. The van der Waals surface area contributed by atoms with Gasteiger partial charge in [0, 0.05) is 18.2 Å². The highest BCUT2D eigenvalue weighted by molar-refractivity contribution is 5.79. The lowest BCUT2D eigenvalue weighted by molar-refractivity contribution is -0.121. The number of nitrogens with zero attached hydrogens (tertiary/aromatic N) is 2. The molecule has 4 rings (SSSR count). The number of nitrogens with one attached hydrogen (secondary N) is 2. The van der Waals surface area contributed by atoms with E-state index in [1.54, 1.807) is 0 Å². The van der Waals surface area contributed by atoms with Crippen LogP contribution >= 0.6 is 0 Å². The highest BCUT2D eigenvalue weighted by Crippen LogP contribution is 2.28. The summed E-state index contributed by atoms with van der Waals surface area (Å²) >= 11 is 0. The lowest BCUT2D eigenvalue weighted by Gasteiger charge is -2.17. The van der Waals surface area contributed by atoms with Crippen molar-refractivity contribution in [1.82, 2.24) is 20.5 Å². The van der Waals surface area contributed by atoms with Gasteiger partial charge in [0.2, 0.25) is 5.91 Å². The zero-order chi connectivity index (χ0) is 17.8. The number of amides is 1. The van der Waals surface area contributed by atoms with Gasteiger partial charge in [-0.05, 0) is 17.7 Å². The zero-order valence-electron chi connectivity index (χ0n) is 14.1. The summed E-state index contributed by atoms with van der Waals surface area (Å²) in [7, 11) is 0. The summed E-state index contributed by atoms with van der Waals surface area (Å²) in [5.74, 6) is 1.33. The maximum Gasteiger partial charge on any atom is 0.221 e. The number of aryl methyl sites for hydroxylation is 1. The van der Waals surface area contributed by atoms with Gasteiger partial charge < -0.3 is 9.73 Å². The molecule has 0 radical (unpaired) electrons. The molecule has 0 aliphatic carbocycles. The first-order valence-electron chi connectivity index (χ1n) is 8.46. The Bertz CT molecular complexity index is 960. The number of hydrogen-bond donors (Lipinski definition) is 2. The Kier molecular flexibility index (Phi) is 4.47. The first kappa shape index (κ1) is 16.1. The lowest BCUT2D eigenvalue weighted by Crippen LogP contribution is -2.29. The number of carbonyl (C=O) groups is 1. The van der Waals surface area contributed by atoms with E-state index in [0.29, 0.717) is 24.4 Å². The second-order valence-corrected chi connectivity index (χ2v) is 6.03. The van der Waals surface area contributed by atoms with E-state index in [2.05, 4.69) is 20.5 Å². The number of fused-ring (bicyclic) bond motifs is 1. The number of aromatic nitrogens is 3. The number of rotatable bonds is 6.